The molecule has 2 aliphatic rings. The molecule has 0 aromatic carbocycles. The molecule has 0 aromatic rings. The quantitative estimate of drug-likeness (QED) is 0.712. The number of hydrogen-bond donors (Lipinski definition) is 2. The van der Waals surface area contributed by atoms with Crippen LogP contribution in [-0.2, 0) is 4.79 Å². The molecule has 2 aliphatic carbocycles. The minimum atomic E-state index is -0.507. The first-order valence-corrected chi connectivity index (χ1v) is 5.72. The lowest BCUT2D eigenvalue weighted by atomic mass is 9.99. The van der Waals surface area contributed by atoms with E-state index in [0.29, 0.717) is 12.0 Å². The Hall–Kier alpha value is -0.570. The van der Waals surface area contributed by atoms with E-state index in [4.69, 9.17) is 5.73 Å². The third-order valence-corrected chi connectivity index (χ3v) is 3.71. The SMILES string of the molecule is C[C@H](NC(=O)C1(N)CC1)C1CCCC1. The second-order valence-electron chi connectivity index (χ2n) is 4.96. The Morgan fingerprint density at radius 1 is 1.43 bits per heavy atom. The van der Waals surface area contributed by atoms with E-state index in [1.807, 2.05) is 0 Å². The Labute approximate surface area is 85.4 Å². The van der Waals surface area contributed by atoms with Gasteiger partial charge in [0.25, 0.3) is 0 Å². The molecule has 1 atom stereocenters. The van der Waals surface area contributed by atoms with Gasteiger partial charge in [0.1, 0.15) is 0 Å². The summed E-state index contributed by atoms with van der Waals surface area (Å²) in [5, 5.41) is 3.06. The number of nitrogens with one attached hydrogen (secondary N) is 1. The smallest absolute Gasteiger partial charge is 0.240 e. The summed E-state index contributed by atoms with van der Waals surface area (Å²) in [6.45, 7) is 2.11. The van der Waals surface area contributed by atoms with Crippen molar-refractivity contribution in [1.29, 1.82) is 0 Å². The fraction of sp³-hybridized carbons (Fsp3) is 0.909. The van der Waals surface area contributed by atoms with Crippen LogP contribution in [0.2, 0.25) is 0 Å². The van der Waals surface area contributed by atoms with E-state index in [-0.39, 0.29) is 5.91 Å². The van der Waals surface area contributed by atoms with Gasteiger partial charge in [0, 0.05) is 6.04 Å². The molecule has 0 spiro atoms. The van der Waals surface area contributed by atoms with Gasteiger partial charge >= 0.3 is 0 Å². The van der Waals surface area contributed by atoms with E-state index in [0.717, 1.165) is 12.8 Å². The first-order valence-electron chi connectivity index (χ1n) is 5.72. The average molecular weight is 196 g/mol. The maximum Gasteiger partial charge on any atom is 0.240 e. The lowest BCUT2D eigenvalue weighted by molar-refractivity contribution is -0.124. The second kappa shape index (κ2) is 3.54. The molecule has 80 valence electrons. The van der Waals surface area contributed by atoms with E-state index in [2.05, 4.69) is 12.2 Å². The van der Waals surface area contributed by atoms with Crippen LogP contribution in [0.15, 0.2) is 0 Å². The first-order chi connectivity index (χ1) is 6.62. The van der Waals surface area contributed by atoms with Crippen molar-refractivity contribution in [2.75, 3.05) is 0 Å². The monoisotopic (exact) mass is 196 g/mol. The van der Waals surface area contributed by atoms with Crippen molar-refractivity contribution >= 4 is 5.91 Å². The van der Waals surface area contributed by atoms with Crippen LogP contribution in [0.4, 0.5) is 0 Å². The van der Waals surface area contributed by atoms with Gasteiger partial charge in [0.15, 0.2) is 0 Å². The van der Waals surface area contributed by atoms with Crippen LogP contribution in [0.3, 0.4) is 0 Å². The Morgan fingerprint density at radius 2 is 2.00 bits per heavy atom. The van der Waals surface area contributed by atoms with Gasteiger partial charge in [-0.25, -0.2) is 0 Å². The Bertz CT molecular complexity index is 229. The van der Waals surface area contributed by atoms with Crippen LogP contribution < -0.4 is 11.1 Å². The molecule has 0 bridgehead atoms. The van der Waals surface area contributed by atoms with Crippen LogP contribution in [0.25, 0.3) is 0 Å². The molecule has 0 heterocycles. The van der Waals surface area contributed by atoms with E-state index in [9.17, 15) is 4.79 Å². The van der Waals surface area contributed by atoms with Gasteiger partial charge in [-0.1, -0.05) is 12.8 Å². The van der Waals surface area contributed by atoms with Gasteiger partial charge in [-0.15, -0.1) is 0 Å². The Balaban J connectivity index is 1.81. The van der Waals surface area contributed by atoms with Crippen LogP contribution in [0.5, 0.6) is 0 Å². The summed E-state index contributed by atoms with van der Waals surface area (Å²) in [4.78, 5) is 11.7. The summed E-state index contributed by atoms with van der Waals surface area (Å²) in [5.41, 5.74) is 5.32. The summed E-state index contributed by atoms with van der Waals surface area (Å²) in [6, 6.07) is 0.311. The normalized spacial score (nSPS) is 27.3. The summed E-state index contributed by atoms with van der Waals surface area (Å²) in [6.07, 6.45) is 6.88. The fourth-order valence-electron chi connectivity index (χ4n) is 2.29. The lowest BCUT2D eigenvalue weighted by Crippen LogP contribution is -2.48. The van der Waals surface area contributed by atoms with E-state index >= 15 is 0 Å². The van der Waals surface area contributed by atoms with Crippen molar-refractivity contribution in [2.24, 2.45) is 11.7 Å². The molecule has 0 radical (unpaired) electrons. The molecular weight excluding hydrogens is 176 g/mol. The highest BCUT2D eigenvalue weighted by Crippen LogP contribution is 2.33. The van der Waals surface area contributed by atoms with Crippen LogP contribution in [0.1, 0.15) is 45.4 Å². The molecule has 2 rings (SSSR count). The number of rotatable bonds is 3. The number of carbonyl (C=O) groups is 1. The van der Waals surface area contributed by atoms with Gasteiger partial charge in [0.05, 0.1) is 5.54 Å². The average Bonchev–Trinajstić information content (AvgIpc) is 2.71. The van der Waals surface area contributed by atoms with Crippen molar-refractivity contribution < 1.29 is 4.79 Å². The van der Waals surface area contributed by atoms with E-state index in [1.54, 1.807) is 0 Å². The first kappa shape index (κ1) is 9.97. The highest BCUT2D eigenvalue weighted by molar-refractivity contribution is 5.89. The number of hydrogen-bond acceptors (Lipinski definition) is 2. The van der Waals surface area contributed by atoms with Crippen molar-refractivity contribution in [3.63, 3.8) is 0 Å². The third kappa shape index (κ3) is 1.92. The Kier molecular flexibility index (Phi) is 2.52. The minimum absolute atomic E-state index is 0.0666. The molecule has 0 unspecified atom stereocenters. The molecule has 2 saturated carbocycles. The largest absolute Gasteiger partial charge is 0.352 e. The summed E-state index contributed by atoms with van der Waals surface area (Å²) in [7, 11) is 0. The molecule has 3 heteroatoms. The van der Waals surface area contributed by atoms with Crippen molar-refractivity contribution in [1.82, 2.24) is 5.32 Å². The lowest BCUT2D eigenvalue weighted by Gasteiger charge is -2.22. The van der Waals surface area contributed by atoms with Crippen molar-refractivity contribution in [3.05, 3.63) is 0 Å². The zero-order chi connectivity index (χ0) is 10.2. The molecule has 3 nitrogen and oxygen atoms in total. The Morgan fingerprint density at radius 3 is 2.50 bits per heavy atom. The molecule has 3 N–H and O–H groups in total. The van der Waals surface area contributed by atoms with E-state index in [1.165, 1.54) is 25.7 Å². The molecule has 0 aliphatic heterocycles. The van der Waals surface area contributed by atoms with Crippen LogP contribution in [0, 0.1) is 5.92 Å². The molecule has 1 amide bonds. The van der Waals surface area contributed by atoms with Crippen LogP contribution in [-0.4, -0.2) is 17.5 Å². The van der Waals surface area contributed by atoms with Crippen molar-refractivity contribution in [2.45, 2.75) is 57.0 Å². The standard InChI is InChI=1S/C11H20N2O/c1-8(9-4-2-3-5-9)13-10(14)11(12)6-7-11/h8-9H,2-7,12H2,1H3,(H,13,14)/t8-/m0/s1. The highest BCUT2D eigenvalue weighted by Gasteiger charge is 2.46. The minimum Gasteiger partial charge on any atom is -0.352 e. The maximum atomic E-state index is 11.7. The van der Waals surface area contributed by atoms with Gasteiger partial charge in [-0.05, 0) is 38.5 Å². The van der Waals surface area contributed by atoms with Crippen molar-refractivity contribution in [3.8, 4) is 0 Å². The van der Waals surface area contributed by atoms with E-state index < -0.39 is 5.54 Å². The van der Waals surface area contributed by atoms with Gasteiger partial charge in [0.2, 0.25) is 5.91 Å². The number of carbonyl (C=O) groups excluding carboxylic acids is 1. The van der Waals surface area contributed by atoms with Gasteiger partial charge in [-0.2, -0.15) is 0 Å². The molecule has 0 saturated heterocycles. The number of amides is 1. The van der Waals surface area contributed by atoms with Crippen LogP contribution >= 0.6 is 0 Å². The van der Waals surface area contributed by atoms with Gasteiger partial charge in [-0.3, -0.25) is 4.79 Å². The summed E-state index contributed by atoms with van der Waals surface area (Å²) >= 11 is 0. The molecular formula is C11H20N2O. The molecule has 2 fully saturated rings. The highest BCUT2D eigenvalue weighted by atomic mass is 16.2. The zero-order valence-electron chi connectivity index (χ0n) is 8.88. The summed E-state index contributed by atoms with van der Waals surface area (Å²) < 4.78 is 0. The zero-order valence-corrected chi connectivity index (χ0v) is 8.88. The topological polar surface area (TPSA) is 55.1 Å². The summed E-state index contributed by atoms with van der Waals surface area (Å²) in [5.74, 6) is 0.748. The fourth-order valence-corrected chi connectivity index (χ4v) is 2.29. The maximum absolute atomic E-state index is 11.7. The third-order valence-electron chi connectivity index (χ3n) is 3.71. The predicted molar refractivity (Wildman–Crippen MR) is 55.7 cm³/mol. The second-order valence-corrected chi connectivity index (χ2v) is 4.96. The molecule has 14 heavy (non-hydrogen) atoms. The predicted octanol–water partition coefficient (Wildman–Crippen LogP) is 1.17. The van der Waals surface area contributed by atoms with Gasteiger partial charge < -0.3 is 11.1 Å². The molecule has 0 aromatic heterocycles. The number of nitrogens with two attached hydrogens (primary N) is 1.